The highest BCUT2D eigenvalue weighted by atomic mass is 17.2. The van der Waals surface area contributed by atoms with Gasteiger partial charge in [0.05, 0.1) is 6.61 Å². The fourth-order valence-corrected chi connectivity index (χ4v) is 0.835. The van der Waals surface area contributed by atoms with Gasteiger partial charge in [-0.2, -0.15) is 0 Å². The molecule has 0 radical (unpaired) electrons. The van der Waals surface area contributed by atoms with Crippen molar-refractivity contribution in [2.45, 2.75) is 19.7 Å². The van der Waals surface area contributed by atoms with Gasteiger partial charge in [0.15, 0.2) is 0 Å². The Bertz CT molecular complexity index is 108. The van der Waals surface area contributed by atoms with Gasteiger partial charge in [0.2, 0.25) is 0 Å². The summed E-state index contributed by atoms with van der Waals surface area (Å²) in [6.07, 6.45) is 2.13. The molecule has 0 aromatic carbocycles. The Kier molecular flexibility index (Phi) is 2.31. The summed E-state index contributed by atoms with van der Waals surface area (Å²) in [4.78, 5) is 9.72. The van der Waals surface area contributed by atoms with Gasteiger partial charge < -0.3 is 0 Å². The van der Waals surface area contributed by atoms with Crippen LogP contribution in [0.2, 0.25) is 6.32 Å². The Labute approximate surface area is 55.9 Å². The molecule has 0 aromatic heterocycles. The van der Waals surface area contributed by atoms with Crippen molar-refractivity contribution >= 4 is 6.92 Å². The van der Waals surface area contributed by atoms with Crippen molar-refractivity contribution in [2.75, 3.05) is 6.61 Å². The van der Waals surface area contributed by atoms with Crippen LogP contribution in [0.4, 0.5) is 0 Å². The lowest BCUT2D eigenvalue weighted by molar-refractivity contribution is -0.221. The van der Waals surface area contributed by atoms with Gasteiger partial charge in [0.1, 0.15) is 0 Å². The minimum atomic E-state index is 0.138. The van der Waals surface area contributed by atoms with Crippen LogP contribution in [0.3, 0.4) is 0 Å². The third-order valence-electron chi connectivity index (χ3n) is 1.43. The van der Waals surface area contributed by atoms with E-state index >= 15 is 0 Å². The summed E-state index contributed by atoms with van der Waals surface area (Å²) < 4.78 is 0. The molecule has 1 heterocycles. The second kappa shape index (κ2) is 3.04. The molecule has 2 nitrogen and oxygen atoms in total. The van der Waals surface area contributed by atoms with E-state index < -0.39 is 0 Å². The molecule has 1 rings (SSSR count). The maximum absolute atomic E-state index is 4.94. The summed E-state index contributed by atoms with van der Waals surface area (Å²) in [5, 5.41) is 0. The van der Waals surface area contributed by atoms with Crippen LogP contribution >= 0.6 is 0 Å². The lowest BCUT2D eigenvalue weighted by Gasteiger charge is -2.17. The minimum Gasteiger partial charge on any atom is -0.299 e. The molecule has 9 heavy (non-hydrogen) atoms. The van der Waals surface area contributed by atoms with E-state index in [1.54, 1.807) is 0 Å². The Morgan fingerprint density at radius 2 is 2.44 bits per heavy atom. The standard InChI is InChI=1S/C6H11BO2/c1-6(2)7-4-3-5-8-9-7/h1,3-5H2,2H3. The van der Waals surface area contributed by atoms with E-state index in [0.29, 0.717) is 0 Å². The molecule has 0 aliphatic carbocycles. The van der Waals surface area contributed by atoms with E-state index in [1.807, 2.05) is 6.92 Å². The van der Waals surface area contributed by atoms with Crippen LogP contribution in [0.15, 0.2) is 12.1 Å². The average molecular weight is 126 g/mol. The zero-order valence-electron chi connectivity index (χ0n) is 5.72. The highest BCUT2D eigenvalue weighted by Crippen LogP contribution is 2.12. The molecular weight excluding hydrogens is 115 g/mol. The van der Waals surface area contributed by atoms with Crippen molar-refractivity contribution < 1.29 is 9.69 Å². The third kappa shape index (κ3) is 1.84. The Morgan fingerprint density at radius 3 is 2.78 bits per heavy atom. The van der Waals surface area contributed by atoms with Crippen LogP contribution in [-0.4, -0.2) is 13.5 Å². The molecule has 0 saturated carbocycles. The lowest BCUT2D eigenvalue weighted by Crippen LogP contribution is -2.25. The quantitative estimate of drug-likeness (QED) is 0.391. The maximum atomic E-state index is 4.94. The SMILES string of the molecule is C=C(C)B1CCCOO1. The summed E-state index contributed by atoms with van der Waals surface area (Å²) in [5.74, 6) is 0. The van der Waals surface area contributed by atoms with Crippen LogP contribution < -0.4 is 0 Å². The molecule has 0 aromatic rings. The van der Waals surface area contributed by atoms with Gasteiger partial charge in [-0.1, -0.05) is 5.47 Å². The molecule has 0 atom stereocenters. The second-order valence-electron chi connectivity index (χ2n) is 2.40. The average Bonchev–Trinajstić information content (AvgIpc) is 1.90. The van der Waals surface area contributed by atoms with Crippen LogP contribution in [0.5, 0.6) is 0 Å². The van der Waals surface area contributed by atoms with Gasteiger partial charge >= 0.3 is 6.92 Å². The first-order chi connectivity index (χ1) is 4.30. The lowest BCUT2D eigenvalue weighted by atomic mass is 9.58. The third-order valence-corrected chi connectivity index (χ3v) is 1.43. The Hall–Kier alpha value is -0.275. The van der Waals surface area contributed by atoms with Crippen LogP contribution in [0.25, 0.3) is 0 Å². The van der Waals surface area contributed by atoms with Crippen molar-refractivity contribution in [1.29, 1.82) is 0 Å². The monoisotopic (exact) mass is 126 g/mol. The van der Waals surface area contributed by atoms with E-state index in [9.17, 15) is 0 Å². The smallest absolute Gasteiger partial charge is 0.299 e. The van der Waals surface area contributed by atoms with Crippen molar-refractivity contribution in [1.82, 2.24) is 0 Å². The first kappa shape index (κ1) is 6.84. The molecule has 1 fully saturated rings. The highest BCUT2D eigenvalue weighted by molar-refractivity contribution is 6.59. The molecular formula is C6H11BO2. The van der Waals surface area contributed by atoms with Gasteiger partial charge in [0.25, 0.3) is 0 Å². The maximum Gasteiger partial charge on any atom is 0.368 e. The molecule has 0 N–H and O–H groups in total. The minimum absolute atomic E-state index is 0.138. The van der Waals surface area contributed by atoms with Crippen molar-refractivity contribution in [3.63, 3.8) is 0 Å². The van der Waals surface area contributed by atoms with E-state index in [2.05, 4.69) is 6.58 Å². The normalized spacial score (nSPS) is 19.9. The fourth-order valence-electron chi connectivity index (χ4n) is 0.835. The summed E-state index contributed by atoms with van der Waals surface area (Å²) in [6.45, 7) is 6.60. The van der Waals surface area contributed by atoms with Gasteiger partial charge in [-0.15, -0.1) is 6.58 Å². The largest absolute Gasteiger partial charge is 0.368 e. The number of rotatable bonds is 1. The fraction of sp³-hybridized carbons (Fsp3) is 0.667. The zero-order chi connectivity index (χ0) is 6.69. The zero-order valence-corrected chi connectivity index (χ0v) is 5.72. The highest BCUT2D eigenvalue weighted by Gasteiger charge is 2.21. The predicted molar refractivity (Wildman–Crippen MR) is 37.0 cm³/mol. The molecule has 50 valence electrons. The van der Waals surface area contributed by atoms with Crippen LogP contribution in [0.1, 0.15) is 13.3 Å². The predicted octanol–water partition coefficient (Wildman–Crippen LogP) is 1.45. The second-order valence-corrected chi connectivity index (χ2v) is 2.40. The van der Waals surface area contributed by atoms with Gasteiger partial charge in [-0.25, -0.2) is 0 Å². The summed E-state index contributed by atoms with van der Waals surface area (Å²) in [6, 6.07) is 0. The van der Waals surface area contributed by atoms with E-state index in [0.717, 1.165) is 24.8 Å². The van der Waals surface area contributed by atoms with E-state index in [1.165, 1.54) is 0 Å². The summed E-state index contributed by atoms with van der Waals surface area (Å²) >= 11 is 0. The molecule has 3 heteroatoms. The molecule has 1 saturated heterocycles. The molecule has 1 aliphatic rings. The van der Waals surface area contributed by atoms with Gasteiger partial charge in [-0.3, -0.25) is 9.69 Å². The molecule has 1 aliphatic heterocycles. The topological polar surface area (TPSA) is 18.5 Å². The van der Waals surface area contributed by atoms with Crippen LogP contribution in [0, 0.1) is 0 Å². The number of hydrogen-bond acceptors (Lipinski definition) is 2. The van der Waals surface area contributed by atoms with Crippen molar-refractivity contribution in [3.8, 4) is 0 Å². The molecule has 0 bridgehead atoms. The molecule has 0 unspecified atom stereocenters. The Balaban J connectivity index is 2.31. The summed E-state index contributed by atoms with van der Waals surface area (Å²) in [7, 11) is 0. The van der Waals surface area contributed by atoms with E-state index in [-0.39, 0.29) is 6.92 Å². The summed E-state index contributed by atoms with van der Waals surface area (Å²) in [5.41, 5.74) is 1.05. The Morgan fingerprint density at radius 1 is 1.67 bits per heavy atom. The first-order valence-corrected chi connectivity index (χ1v) is 3.24. The number of allylic oxidation sites excluding steroid dienone is 1. The van der Waals surface area contributed by atoms with Gasteiger partial charge in [-0.05, 0) is 19.7 Å². The van der Waals surface area contributed by atoms with Gasteiger partial charge in [0, 0.05) is 0 Å². The van der Waals surface area contributed by atoms with Crippen LogP contribution in [-0.2, 0) is 9.69 Å². The molecule has 0 spiro atoms. The van der Waals surface area contributed by atoms with E-state index in [4.69, 9.17) is 9.69 Å². The number of hydrogen-bond donors (Lipinski definition) is 0. The van der Waals surface area contributed by atoms with Crippen molar-refractivity contribution in [2.24, 2.45) is 0 Å². The van der Waals surface area contributed by atoms with Crippen molar-refractivity contribution in [3.05, 3.63) is 12.1 Å². The molecule has 0 amide bonds. The first-order valence-electron chi connectivity index (χ1n) is 3.24.